The molecule has 1 fully saturated rings. The largest absolute Gasteiger partial charge is 0.374 e. The molecule has 2 heteroatoms. The third kappa shape index (κ3) is 5.12. The zero-order valence-corrected chi connectivity index (χ0v) is 14.1. The molecule has 3 unspecified atom stereocenters. The summed E-state index contributed by atoms with van der Waals surface area (Å²) < 4.78 is 6.15. The number of rotatable bonds is 6. The quantitative estimate of drug-likeness (QED) is 0.840. The smallest absolute Gasteiger partial charge is 0.0720 e. The first-order valence-corrected chi connectivity index (χ1v) is 8.43. The third-order valence-corrected chi connectivity index (χ3v) is 4.68. The molecule has 0 aliphatic heterocycles. The van der Waals surface area contributed by atoms with Crippen LogP contribution >= 0.6 is 0 Å². The second kappa shape index (κ2) is 7.95. The first kappa shape index (κ1) is 16.5. The lowest BCUT2D eigenvalue weighted by Crippen LogP contribution is -2.26. The summed E-state index contributed by atoms with van der Waals surface area (Å²) in [5.74, 6) is 2.18. The lowest BCUT2D eigenvalue weighted by molar-refractivity contribution is -0.00916. The highest BCUT2D eigenvalue weighted by atomic mass is 16.5. The van der Waals surface area contributed by atoms with Crippen molar-refractivity contribution in [3.63, 3.8) is 0 Å². The van der Waals surface area contributed by atoms with Crippen LogP contribution in [0.15, 0.2) is 24.3 Å². The Morgan fingerprint density at radius 1 is 1.10 bits per heavy atom. The van der Waals surface area contributed by atoms with E-state index in [9.17, 15) is 0 Å². The Balaban J connectivity index is 1.83. The van der Waals surface area contributed by atoms with E-state index in [1.54, 1.807) is 0 Å². The molecular formula is C19H31NO. The van der Waals surface area contributed by atoms with Gasteiger partial charge in [-0.1, -0.05) is 45.0 Å². The van der Waals surface area contributed by atoms with Crippen molar-refractivity contribution in [2.45, 2.75) is 58.7 Å². The highest BCUT2D eigenvalue weighted by Crippen LogP contribution is 2.30. The molecule has 1 saturated carbocycles. The van der Waals surface area contributed by atoms with Crippen LogP contribution in [-0.4, -0.2) is 19.7 Å². The minimum Gasteiger partial charge on any atom is -0.374 e. The van der Waals surface area contributed by atoms with Gasteiger partial charge in [-0.15, -0.1) is 0 Å². The molecule has 2 rings (SSSR count). The van der Waals surface area contributed by atoms with E-state index in [1.165, 1.54) is 30.4 Å². The average molecular weight is 289 g/mol. The van der Waals surface area contributed by atoms with Crippen molar-refractivity contribution in [3.8, 4) is 0 Å². The molecular weight excluding hydrogens is 258 g/mol. The zero-order valence-electron chi connectivity index (χ0n) is 14.1. The van der Waals surface area contributed by atoms with Gasteiger partial charge < -0.3 is 10.1 Å². The van der Waals surface area contributed by atoms with E-state index in [-0.39, 0.29) is 0 Å². The maximum atomic E-state index is 6.15. The number of nitrogens with one attached hydrogen (secondary N) is 1. The number of hydrogen-bond acceptors (Lipinski definition) is 2. The number of ether oxygens (including phenoxy) is 1. The van der Waals surface area contributed by atoms with Gasteiger partial charge in [-0.05, 0) is 55.2 Å². The Hall–Kier alpha value is -0.860. The van der Waals surface area contributed by atoms with E-state index >= 15 is 0 Å². The van der Waals surface area contributed by atoms with Crippen molar-refractivity contribution < 1.29 is 4.74 Å². The highest BCUT2D eigenvalue weighted by Gasteiger charge is 2.24. The molecule has 1 aliphatic rings. The van der Waals surface area contributed by atoms with Crippen molar-refractivity contribution in [1.82, 2.24) is 5.32 Å². The SMILES string of the molecule is CNCC(C)c1ccc(COC2CC(C)CC(C)C2)cc1. The van der Waals surface area contributed by atoms with E-state index < -0.39 is 0 Å². The third-order valence-electron chi connectivity index (χ3n) is 4.68. The van der Waals surface area contributed by atoms with Crippen LogP contribution in [0.5, 0.6) is 0 Å². The molecule has 1 aromatic rings. The summed E-state index contributed by atoms with van der Waals surface area (Å²) >= 11 is 0. The maximum absolute atomic E-state index is 6.15. The lowest BCUT2D eigenvalue weighted by Gasteiger charge is -2.31. The van der Waals surface area contributed by atoms with Gasteiger partial charge in [0, 0.05) is 6.54 Å². The van der Waals surface area contributed by atoms with Crippen LogP contribution in [0, 0.1) is 11.8 Å². The Bertz CT molecular complexity index is 404. The summed E-state index contributed by atoms with van der Waals surface area (Å²) in [5, 5.41) is 3.23. The van der Waals surface area contributed by atoms with E-state index in [1.807, 2.05) is 7.05 Å². The van der Waals surface area contributed by atoms with Crippen LogP contribution in [0.25, 0.3) is 0 Å². The van der Waals surface area contributed by atoms with Gasteiger partial charge in [0.15, 0.2) is 0 Å². The Labute approximate surface area is 130 Å². The highest BCUT2D eigenvalue weighted by molar-refractivity contribution is 5.24. The van der Waals surface area contributed by atoms with Crippen LogP contribution in [0.3, 0.4) is 0 Å². The van der Waals surface area contributed by atoms with Crippen LogP contribution in [-0.2, 0) is 11.3 Å². The standard InChI is InChI=1S/C19H31NO/c1-14-9-15(2)11-19(10-14)21-13-17-5-7-18(8-6-17)16(3)12-20-4/h5-8,14-16,19-20H,9-13H2,1-4H3. The van der Waals surface area contributed by atoms with Gasteiger partial charge in [0.05, 0.1) is 12.7 Å². The van der Waals surface area contributed by atoms with Crippen LogP contribution in [0.4, 0.5) is 0 Å². The van der Waals surface area contributed by atoms with Gasteiger partial charge in [-0.2, -0.15) is 0 Å². The normalized spacial score (nSPS) is 27.5. The van der Waals surface area contributed by atoms with Crippen LogP contribution < -0.4 is 5.32 Å². The molecule has 0 bridgehead atoms. The van der Waals surface area contributed by atoms with Crippen LogP contribution in [0.1, 0.15) is 57.1 Å². The van der Waals surface area contributed by atoms with Gasteiger partial charge in [0.25, 0.3) is 0 Å². The monoisotopic (exact) mass is 289 g/mol. The molecule has 1 aliphatic carbocycles. The summed E-state index contributed by atoms with van der Waals surface area (Å²) in [6.45, 7) is 8.74. The molecule has 0 aromatic heterocycles. The van der Waals surface area contributed by atoms with E-state index in [4.69, 9.17) is 4.74 Å². The van der Waals surface area contributed by atoms with Crippen molar-refractivity contribution in [2.75, 3.05) is 13.6 Å². The summed E-state index contributed by atoms with van der Waals surface area (Å²) in [5.41, 5.74) is 2.69. The Morgan fingerprint density at radius 2 is 1.71 bits per heavy atom. The Morgan fingerprint density at radius 3 is 2.29 bits per heavy atom. The molecule has 3 atom stereocenters. The fourth-order valence-electron chi connectivity index (χ4n) is 3.59. The van der Waals surface area contributed by atoms with Gasteiger partial charge in [-0.25, -0.2) is 0 Å². The van der Waals surface area contributed by atoms with Gasteiger partial charge >= 0.3 is 0 Å². The minimum absolute atomic E-state index is 0.451. The molecule has 21 heavy (non-hydrogen) atoms. The molecule has 118 valence electrons. The number of benzene rings is 1. The summed E-state index contributed by atoms with van der Waals surface area (Å²) in [7, 11) is 2.00. The van der Waals surface area contributed by atoms with Crippen molar-refractivity contribution >= 4 is 0 Å². The maximum Gasteiger partial charge on any atom is 0.0720 e. The molecule has 1 N–H and O–H groups in total. The summed E-state index contributed by atoms with van der Waals surface area (Å²) in [6.07, 6.45) is 4.26. The summed E-state index contributed by atoms with van der Waals surface area (Å²) in [6, 6.07) is 8.92. The molecule has 0 saturated heterocycles. The Kier molecular flexibility index (Phi) is 6.25. The average Bonchev–Trinajstić information content (AvgIpc) is 2.45. The first-order valence-electron chi connectivity index (χ1n) is 8.43. The number of likely N-dealkylation sites (N-methyl/N-ethyl adjacent to an activating group) is 1. The van der Waals surface area contributed by atoms with Crippen LogP contribution in [0.2, 0.25) is 0 Å². The molecule has 1 aromatic carbocycles. The second-order valence-corrected chi connectivity index (χ2v) is 7.05. The van der Waals surface area contributed by atoms with E-state index in [0.717, 1.165) is 25.0 Å². The molecule has 2 nitrogen and oxygen atoms in total. The minimum atomic E-state index is 0.451. The van der Waals surface area contributed by atoms with Gasteiger partial charge in [0.2, 0.25) is 0 Å². The predicted octanol–water partition coefficient (Wildman–Crippen LogP) is 4.35. The van der Waals surface area contributed by atoms with Crippen molar-refractivity contribution in [3.05, 3.63) is 35.4 Å². The topological polar surface area (TPSA) is 21.3 Å². The predicted molar refractivity (Wildman–Crippen MR) is 89.5 cm³/mol. The molecule has 0 radical (unpaired) electrons. The summed E-state index contributed by atoms with van der Waals surface area (Å²) in [4.78, 5) is 0. The fourth-order valence-corrected chi connectivity index (χ4v) is 3.59. The molecule has 0 spiro atoms. The van der Waals surface area contributed by atoms with Crippen molar-refractivity contribution in [2.24, 2.45) is 11.8 Å². The van der Waals surface area contributed by atoms with E-state index in [2.05, 4.69) is 50.4 Å². The second-order valence-electron chi connectivity index (χ2n) is 7.05. The zero-order chi connectivity index (χ0) is 15.2. The number of hydrogen-bond donors (Lipinski definition) is 1. The first-order chi connectivity index (χ1) is 10.1. The van der Waals surface area contributed by atoms with Gasteiger partial charge in [-0.3, -0.25) is 0 Å². The van der Waals surface area contributed by atoms with Crippen molar-refractivity contribution in [1.29, 1.82) is 0 Å². The fraction of sp³-hybridized carbons (Fsp3) is 0.684. The lowest BCUT2D eigenvalue weighted by atomic mass is 9.82. The molecule has 0 heterocycles. The molecule has 0 amide bonds. The van der Waals surface area contributed by atoms with Gasteiger partial charge in [0.1, 0.15) is 0 Å². The van der Waals surface area contributed by atoms with E-state index in [0.29, 0.717) is 12.0 Å².